The van der Waals surface area contributed by atoms with E-state index in [0.717, 1.165) is 31.4 Å². The molecule has 1 aliphatic carbocycles. The summed E-state index contributed by atoms with van der Waals surface area (Å²) >= 11 is 0. The maximum absolute atomic E-state index is 7.32. The molecule has 1 unspecified atom stereocenters. The van der Waals surface area contributed by atoms with Crippen LogP contribution in [-0.2, 0) is 0 Å². The summed E-state index contributed by atoms with van der Waals surface area (Å²) in [5.74, 6) is 0.644. The van der Waals surface area contributed by atoms with Gasteiger partial charge in [-0.2, -0.15) is 0 Å². The van der Waals surface area contributed by atoms with Gasteiger partial charge in [0.2, 0.25) is 0 Å². The van der Waals surface area contributed by atoms with E-state index in [1.807, 2.05) is 0 Å². The summed E-state index contributed by atoms with van der Waals surface area (Å²) < 4.78 is 0. The molecule has 80 valence electrons. The Morgan fingerprint density at radius 1 is 1.64 bits per heavy atom. The van der Waals surface area contributed by atoms with Crippen LogP contribution < -0.4 is 11.1 Å². The lowest BCUT2D eigenvalue weighted by Gasteiger charge is -2.24. The zero-order valence-electron chi connectivity index (χ0n) is 9.14. The first-order valence-electron chi connectivity index (χ1n) is 5.35. The first kappa shape index (κ1) is 11.2. The Labute approximate surface area is 86.3 Å². The highest BCUT2D eigenvalue weighted by molar-refractivity contribution is 5.77. The van der Waals surface area contributed by atoms with E-state index in [2.05, 4.69) is 19.2 Å². The predicted molar refractivity (Wildman–Crippen MR) is 60.5 cm³/mol. The van der Waals surface area contributed by atoms with Crippen molar-refractivity contribution >= 4 is 6.21 Å². The van der Waals surface area contributed by atoms with E-state index in [9.17, 15) is 0 Å². The molecule has 0 aromatic rings. The van der Waals surface area contributed by atoms with Gasteiger partial charge in [0, 0.05) is 24.5 Å². The minimum absolute atomic E-state index is 0.246. The summed E-state index contributed by atoms with van der Waals surface area (Å²) in [5, 5.41) is 10.7. The fraction of sp³-hybridized carbons (Fsp3) is 0.727. The van der Waals surface area contributed by atoms with Crippen LogP contribution in [0.5, 0.6) is 0 Å². The third kappa shape index (κ3) is 3.14. The van der Waals surface area contributed by atoms with E-state index in [1.165, 1.54) is 11.9 Å². The van der Waals surface area contributed by atoms with E-state index >= 15 is 0 Å². The Balaban J connectivity index is 2.58. The topological polar surface area (TPSA) is 61.9 Å². The van der Waals surface area contributed by atoms with Gasteiger partial charge in [-0.05, 0) is 30.8 Å². The second-order valence-electron chi connectivity index (χ2n) is 4.43. The van der Waals surface area contributed by atoms with Gasteiger partial charge >= 0.3 is 0 Å². The molecule has 14 heavy (non-hydrogen) atoms. The van der Waals surface area contributed by atoms with Crippen LogP contribution in [0.25, 0.3) is 0 Å². The van der Waals surface area contributed by atoms with Crippen LogP contribution in [0.3, 0.4) is 0 Å². The first-order valence-corrected chi connectivity index (χ1v) is 5.35. The molecule has 3 nitrogen and oxygen atoms in total. The molecule has 0 saturated carbocycles. The molecule has 0 fully saturated rings. The predicted octanol–water partition coefficient (Wildman–Crippen LogP) is 1.65. The molecule has 0 aliphatic heterocycles. The average Bonchev–Trinajstić information content (AvgIpc) is 2.15. The molecule has 3 heteroatoms. The van der Waals surface area contributed by atoms with Crippen molar-refractivity contribution < 1.29 is 0 Å². The molecule has 0 bridgehead atoms. The second kappa shape index (κ2) is 5.15. The van der Waals surface area contributed by atoms with Crippen molar-refractivity contribution in [3.8, 4) is 0 Å². The van der Waals surface area contributed by atoms with Gasteiger partial charge in [0.25, 0.3) is 0 Å². The summed E-state index contributed by atoms with van der Waals surface area (Å²) in [7, 11) is 0. The van der Waals surface area contributed by atoms with Crippen LogP contribution in [0.2, 0.25) is 0 Å². The average molecular weight is 195 g/mol. The Hall–Kier alpha value is -0.830. The van der Waals surface area contributed by atoms with E-state index in [0.29, 0.717) is 5.92 Å². The van der Waals surface area contributed by atoms with Gasteiger partial charge in [0.05, 0.1) is 0 Å². The summed E-state index contributed by atoms with van der Waals surface area (Å²) in [6.07, 6.45) is 4.34. The van der Waals surface area contributed by atoms with E-state index in [1.54, 1.807) is 0 Å². The van der Waals surface area contributed by atoms with E-state index < -0.39 is 0 Å². The molecular weight excluding hydrogens is 174 g/mol. The Kier molecular flexibility index (Phi) is 4.14. The SMILES string of the molecule is CC(C)CNC1=C(C=N)CC(N)CC1. The lowest BCUT2D eigenvalue weighted by atomic mass is 9.93. The number of nitrogens with two attached hydrogens (primary N) is 1. The monoisotopic (exact) mass is 195 g/mol. The molecule has 1 aliphatic rings. The highest BCUT2D eigenvalue weighted by Gasteiger charge is 2.16. The van der Waals surface area contributed by atoms with Gasteiger partial charge in [-0.1, -0.05) is 13.8 Å². The van der Waals surface area contributed by atoms with E-state index in [-0.39, 0.29) is 6.04 Å². The highest BCUT2D eigenvalue weighted by atomic mass is 14.9. The number of hydrogen-bond donors (Lipinski definition) is 3. The van der Waals surface area contributed by atoms with Gasteiger partial charge in [-0.3, -0.25) is 0 Å². The summed E-state index contributed by atoms with van der Waals surface area (Å²) in [4.78, 5) is 0. The molecule has 0 heterocycles. The lowest BCUT2D eigenvalue weighted by Crippen LogP contribution is -2.30. The van der Waals surface area contributed by atoms with E-state index in [4.69, 9.17) is 11.1 Å². The number of rotatable bonds is 4. The number of hydrogen-bond acceptors (Lipinski definition) is 3. The minimum atomic E-state index is 0.246. The van der Waals surface area contributed by atoms with Crippen molar-refractivity contribution in [2.75, 3.05) is 6.54 Å². The Morgan fingerprint density at radius 2 is 2.36 bits per heavy atom. The Morgan fingerprint density at radius 3 is 2.93 bits per heavy atom. The van der Waals surface area contributed by atoms with Gasteiger partial charge < -0.3 is 16.5 Å². The lowest BCUT2D eigenvalue weighted by molar-refractivity contribution is 0.525. The van der Waals surface area contributed by atoms with Crippen LogP contribution in [0.4, 0.5) is 0 Å². The fourth-order valence-corrected chi connectivity index (χ4v) is 1.67. The zero-order chi connectivity index (χ0) is 10.6. The maximum atomic E-state index is 7.32. The van der Waals surface area contributed by atoms with Gasteiger partial charge in [0.15, 0.2) is 0 Å². The van der Waals surface area contributed by atoms with Crippen molar-refractivity contribution in [3.63, 3.8) is 0 Å². The van der Waals surface area contributed by atoms with Crippen molar-refractivity contribution in [2.45, 2.75) is 39.2 Å². The van der Waals surface area contributed by atoms with Crippen LogP contribution >= 0.6 is 0 Å². The van der Waals surface area contributed by atoms with Gasteiger partial charge in [-0.25, -0.2) is 0 Å². The molecule has 1 rings (SSSR count). The summed E-state index contributed by atoms with van der Waals surface area (Å²) in [6.45, 7) is 5.36. The molecule has 0 spiro atoms. The largest absolute Gasteiger partial charge is 0.388 e. The molecule has 1 atom stereocenters. The molecule has 0 saturated heterocycles. The summed E-state index contributed by atoms with van der Waals surface area (Å²) in [6, 6.07) is 0.246. The van der Waals surface area contributed by atoms with Crippen LogP contribution in [-0.4, -0.2) is 18.8 Å². The fourth-order valence-electron chi connectivity index (χ4n) is 1.67. The van der Waals surface area contributed by atoms with Crippen molar-refractivity contribution in [3.05, 3.63) is 11.3 Å². The van der Waals surface area contributed by atoms with Crippen molar-refractivity contribution in [2.24, 2.45) is 11.7 Å². The van der Waals surface area contributed by atoms with Crippen LogP contribution in [0.1, 0.15) is 33.1 Å². The third-order valence-corrected chi connectivity index (χ3v) is 2.53. The molecular formula is C11H21N3. The normalized spacial score (nSPS) is 22.7. The van der Waals surface area contributed by atoms with Crippen LogP contribution in [0, 0.1) is 11.3 Å². The molecule has 0 aromatic carbocycles. The zero-order valence-corrected chi connectivity index (χ0v) is 9.14. The Bertz CT molecular complexity index is 231. The molecule has 0 radical (unpaired) electrons. The standard InChI is InChI=1S/C11H21N3/c1-8(2)7-14-11-4-3-10(13)5-9(11)6-12/h6,8,10,12,14H,3-5,7,13H2,1-2H3. The quantitative estimate of drug-likeness (QED) is 0.597. The second-order valence-corrected chi connectivity index (χ2v) is 4.43. The van der Waals surface area contributed by atoms with Crippen molar-refractivity contribution in [1.82, 2.24) is 5.32 Å². The smallest absolute Gasteiger partial charge is 0.0227 e. The molecule has 0 amide bonds. The maximum Gasteiger partial charge on any atom is 0.0227 e. The summed E-state index contributed by atoms with van der Waals surface area (Å²) in [5.41, 5.74) is 8.17. The molecule has 0 aromatic heterocycles. The number of nitrogens with one attached hydrogen (secondary N) is 2. The minimum Gasteiger partial charge on any atom is -0.388 e. The van der Waals surface area contributed by atoms with Crippen molar-refractivity contribution in [1.29, 1.82) is 5.41 Å². The van der Waals surface area contributed by atoms with Gasteiger partial charge in [0.1, 0.15) is 0 Å². The number of allylic oxidation sites excluding steroid dienone is 1. The molecule has 4 N–H and O–H groups in total. The highest BCUT2D eigenvalue weighted by Crippen LogP contribution is 2.20. The van der Waals surface area contributed by atoms with Gasteiger partial charge in [-0.15, -0.1) is 0 Å². The first-order chi connectivity index (χ1) is 6.63. The van der Waals surface area contributed by atoms with Crippen LogP contribution in [0.15, 0.2) is 11.3 Å². The third-order valence-electron chi connectivity index (χ3n) is 2.53.